The van der Waals surface area contributed by atoms with Gasteiger partial charge in [0.25, 0.3) is 5.91 Å². The fraction of sp³-hybridized carbons (Fsp3) is 0.346. The number of carbonyl (C=O) groups excluding carboxylic acids is 1. The van der Waals surface area contributed by atoms with Crippen LogP contribution in [-0.2, 0) is 23.9 Å². The summed E-state index contributed by atoms with van der Waals surface area (Å²) in [5, 5.41) is 0. The average molecular weight is 515 g/mol. The third-order valence-corrected chi connectivity index (χ3v) is 6.28. The number of hydrogen-bond acceptors (Lipinski definition) is 7. The Bertz CT molecular complexity index is 1300. The number of alkyl halides is 3. The molecule has 0 unspecified atom stereocenters. The zero-order valence-corrected chi connectivity index (χ0v) is 20.1. The number of aromatic nitrogens is 2. The van der Waals surface area contributed by atoms with Gasteiger partial charge in [-0.3, -0.25) is 4.79 Å². The molecule has 3 heterocycles. The maximum atomic E-state index is 13.2. The highest BCUT2D eigenvalue weighted by atomic mass is 19.4. The molecule has 194 valence electrons. The van der Waals surface area contributed by atoms with Crippen LogP contribution >= 0.6 is 0 Å². The molecule has 0 radical (unpaired) electrons. The lowest BCUT2D eigenvalue weighted by Crippen LogP contribution is -2.39. The van der Waals surface area contributed by atoms with Crippen molar-refractivity contribution in [1.29, 1.82) is 0 Å². The van der Waals surface area contributed by atoms with Gasteiger partial charge < -0.3 is 24.0 Å². The van der Waals surface area contributed by atoms with Gasteiger partial charge in [0, 0.05) is 37.7 Å². The Morgan fingerprint density at radius 2 is 1.76 bits per heavy atom. The van der Waals surface area contributed by atoms with E-state index in [2.05, 4.69) is 4.98 Å². The van der Waals surface area contributed by atoms with Crippen molar-refractivity contribution in [3.05, 3.63) is 70.9 Å². The second-order valence-corrected chi connectivity index (χ2v) is 8.69. The first kappa shape index (κ1) is 24.8. The number of carbonyl (C=O) groups is 1. The summed E-state index contributed by atoms with van der Waals surface area (Å²) >= 11 is 0. The number of anilines is 1. The van der Waals surface area contributed by atoms with Crippen molar-refractivity contribution in [2.75, 3.05) is 44.9 Å². The third-order valence-electron chi connectivity index (χ3n) is 6.28. The molecule has 1 aromatic heterocycles. The summed E-state index contributed by atoms with van der Waals surface area (Å²) < 4.78 is 56.5. The summed E-state index contributed by atoms with van der Waals surface area (Å²) in [7, 11) is 1.56. The Balaban J connectivity index is 1.47. The summed E-state index contributed by atoms with van der Waals surface area (Å²) in [4.78, 5) is 26.1. The SMILES string of the molecule is COc1cccc(Oc2nc(N3CCOCC3)nc3c2CN(C(=O)c2cccc(C(F)(F)F)c2)CC3)c1. The van der Waals surface area contributed by atoms with Gasteiger partial charge in [0.2, 0.25) is 11.8 Å². The first-order valence-corrected chi connectivity index (χ1v) is 11.8. The van der Waals surface area contributed by atoms with Crippen molar-refractivity contribution in [3.8, 4) is 17.4 Å². The number of halogens is 3. The van der Waals surface area contributed by atoms with Crippen molar-refractivity contribution in [3.63, 3.8) is 0 Å². The average Bonchev–Trinajstić information content (AvgIpc) is 2.92. The van der Waals surface area contributed by atoms with Crippen LogP contribution in [0.25, 0.3) is 0 Å². The minimum Gasteiger partial charge on any atom is -0.497 e. The number of fused-ring (bicyclic) bond motifs is 1. The van der Waals surface area contributed by atoms with E-state index < -0.39 is 17.6 Å². The van der Waals surface area contributed by atoms with E-state index in [-0.39, 0.29) is 12.1 Å². The topological polar surface area (TPSA) is 77.0 Å². The molecule has 8 nitrogen and oxygen atoms in total. The summed E-state index contributed by atoms with van der Waals surface area (Å²) in [5.74, 6) is 1.41. The van der Waals surface area contributed by atoms with E-state index in [9.17, 15) is 18.0 Å². The molecular weight excluding hydrogens is 489 g/mol. The van der Waals surface area contributed by atoms with E-state index in [1.165, 1.54) is 17.0 Å². The molecule has 0 bridgehead atoms. The number of methoxy groups -OCH3 is 1. The normalized spacial score (nSPS) is 15.8. The predicted octanol–water partition coefficient (Wildman–Crippen LogP) is 4.33. The Hall–Kier alpha value is -3.86. The maximum Gasteiger partial charge on any atom is 0.416 e. The van der Waals surface area contributed by atoms with Crippen molar-refractivity contribution in [1.82, 2.24) is 14.9 Å². The molecule has 0 saturated carbocycles. The smallest absolute Gasteiger partial charge is 0.416 e. The number of benzene rings is 2. The van der Waals surface area contributed by atoms with Crippen LogP contribution < -0.4 is 14.4 Å². The van der Waals surface area contributed by atoms with Crippen LogP contribution in [0.2, 0.25) is 0 Å². The number of nitrogens with zero attached hydrogens (tertiary/aromatic N) is 4. The predicted molar refractivity (Wildman–Crippen MR) is 128 cm³/mol. The van der Waals surface area contributed by atoms with Gasteiger partial charge in [0.15, 0.2) is 0 Å². The number of hydrogen-bond donors (Lipinski definition) is 0. The monoisotopic (exact) mass is 514 g/mol. The van der Waals surface area contributed by atoms with Gasteiger partial charge in [-0.25, -0.2) is 4.98 Å². The molecule has 0 spiro atoms. The summed E-state index contributed by atoms with van der Waals surface area (Å²) in [6.45, 7) is 2.81. The Kier molecular flexibility index (Phi) is 6.88. The van der Waals surface area contributed by atoms with Crippen LogP contribution in [0, 0.1) is 0 Å². The molecule has 1 amide bonds. The van der Waals surface area contributed by atoms with Crippen molar-refractivity contribution < 1.29 is 32.2 Å². The van der Waals surface area contributed by atoms with Gasteiger partial charge in [0.05, 0.1) is 43.7 Å². The highest BCUT2D eigenvalue weighted by molar-refractivity contribution is 5.94. The standard InChI is InChI=1S/C26H25F3N4O4/c1-35-19-6-3-7-20(15-19)37-23-21-16-33(24(34)17-4-2-5-18(14-17)26(27,28)29)9-8-22(21)30-25(31-23)32-10-12-36-13-11-32/h2-7,14-15H,8-13,16H2,1H3. The molecule has 3 aromatic rings. The molecule has 0 atom stereocenters. The Morgan fingerprint density at radius 1 is 1.00 bits per heavy atom. The molecule has 2 aliphatic rings. The largest absolute Gasteiger partial charge is 0.497 e. The van der Waals surface area contributed by atoms with Gasteiger partial charge in [-0.1, -0.05) is 12.1 Å². The summed E-state index contributed by atoms with van der Waals surface area (Å²) in [5.41, 5.74) is 0.463. The number of rotatable bonds is 5. The molecule has 1 fully saturated rings. The van der Waals surface area contributed by atoms with Gasteiger partial charge in [-0.05, 0) is 30.3 Å². The van der Waals surface area contributed by atoms with E-state index in [1.54, 1.807) is 31.4 Å². The van der Waals surface area contributed by atoms with Crippen molar-refractivity contribution >= 4 is 11.9 Å². The lowest BCUT2D eigenvalue weighted by atomic mass is 10.0. The van der Waals surface area contributed by atoms with Crippen LogP contribution in [-0.4, -0.2) is 60.7 Å². The number of ether oxygens (including phenoxy) is 3. The van der Waals surface area contributed by atoms with E-state index in [0.29, 0.717) is 68.2 Å². The number of amides is 1. The van der Waals surface area contributed by atoms with E-state index in [1.807, 2.05) is 4.90 Å². The quantitative estimate of drug-likeness (QED) is 0.502. The fourth-order valence-electron chi connectivity index (χ4n) is 4.32. The molecule has 5 rings (SSSR count). The molecule has 0 N–H and O–H groups in total. The fourth-order valence-corrected chi connectivity index (χ4v) is 4.32. The lowest BCUT2D eigenvalue weighted by molar-refractivity contribution is -0.137. The minimum absolute atomic E-state index is 0.0283. The van der Waals surface area contributed by atoms with Crippen LogP contribution in [0.4, 0.5) is 19.1 Å². The van der Waals surface area contributed by atoms with E-state index in [0.717, 1.165) is 17.8 Å². The second-order valence-electron chi connectivity index (χ2n) is 8.69. The van der Waals surface area contributed by atoms with Crippen LogP contribution in [0.15, 0.2) is 48.5 Å². The van der Waals surface area contributed by atoms with Crippen molar-refractivity contribution in [2.24, 2.45) is 0 Å². The van der Waals surface area contributed by atoms with E-state index in [4.69, 9.17) is 19.2 Å². The first-order valence-electron chi connectivity index (χ1n) is 11.8. The van der Waals surface area contributed by atoms with Gasteiger partial charge in [0.1, 0.15) is 11.5 Å². The molecule has 2 aliphatic heterocycles. The highest BCUT2D eigenvalue weighted by Gasteiger charge is 2.33. The van der Waals surface area contributed by atoms with E-state index >= 15 is 0 Å². The zero-order chi connectivity index (χ0) is 26.0. The molecule has 1 saturated heterocycles. The minimum atomic E-state index is -4.54. The highest BCUT2D eigenvalue weighted by Crippen LogP contribution is 2.34. The second kappa shape index (κ2) is 10.3. The van der Waals surface area contributed by atoms with Crippen LogP contribution in [0.5, 0.6) is 17.4 Å². The molecule has 37 heavy (non-hydrogen) atoms. The summed E-state index contributed by atoms with van der Waals surface area (Å²) in [6, 6.07) is 11.5. The zero-order valence-electron chi connectivity index (χ0n) is 20.1. The van der Waals surface area contributed by atoms with Crippen molar-refractivity contribution in [2.45, 2.75) is 19.1 Å². The first-order chi connectivity index (χ1) is 17.8. The van der Waals surface area contributed by atoms with Gasteiger partial charge in [-0.15, -0.1) is 0 Å². The molecule has 11 heteroatoms. The lowest BCUT2D eigenvalue weighted by Gasteiger charge is -2.32. The molecule has 0 aliphatic carbocycles. The Morgan fingerprint density at radius 3 is 2.51 bits per heavy atom. The van der Waals surface area contributed by atoms with Gasteiger partial charge >= 0.3 is 6.18 Å². The van der Waals surface area contributed by atoms with Gasteiger partial charge in [-0.2, -0.15) is 18.2 Å². The maximum absolute atomic E-state index is 13.2. The van der Waals surface area contributed by atoms with Crippen LogP contribution in [0.3, 0.4) is 0 Å². The summed E-state index contributed by atoms with van der Waals surface area (Å²) in [6.07, 6.45) is -4.12. The van der Waals surface area contributed by atoms with Crippen LogP contribution in [0.1, 0.15) is 27.2 Å². The molecule has 2 aromatic carbocycles. The third kappa shape index (κ3) is 5.46. The number of morpholine rings is 1. The molecular formula is C26H25F3N4O4. The Labute approximate surface area is 211 Å².